The summed E-state index contributed by atoms with van der Waals surface area (Å²) in [6, 6.07) is 6.05. The molecule has 4 N–H and O–H groups in total. The second-order valence-corrected chi connectivity index (χ2v) is 4.80. The number of aliphatic hydroxyl groups excluding tert-OH is 1. The van der Waals surface area contributed by atoms with Gasteiger partial charge in [0.25, 0.3) is 0 Å². The van der Waals surface area contributed by atoms with E-state index in [9.17, 15) is 5.11 Å². The Balaban J connectivity index is 2.38. The third-order valence-electron chi connectivity index (χ3n) is 2.64. The van der Waals surface area contributed by atoms with E-state index in [-0.39, 0.29) is 5.92 Å². The molecule has 1 aromatic rings. The number of benzene rings is 1. The highest BCUT2D eigenvalue weighted by Gasteiger charge is 2.26. The quantitative estimate of drug-likeness (QED) is 0.686. The van der Waals surface area contributed by atoms with Gasteiger partial charge in [-0.2, -0.15) is 0 Å². The molecule has 1 aromatic carbocycles. The molecule has 0 spiro atoms. The fourth-order valence-corrected chi connectivity index (χ4v) is 2.27. The Labute approximate surface area is 96.8 Å². The highest BCUT2D eigenvalue weighted by Crippen LogP contribution is 2.33. The van der Waals surface area contributed by atoms with Gasteiger partial charge in [0, 0.05) is 27.3 Å². The first-order valence-corrected chi connectivity index (χ1v) is 5.71. The first kappa shape index (κ1) is 10.2. The predicted molar refractivity (Wildman–Crippen MR) is 65.2 cm³/mol. The molecule has 0 fully saturated rings. The zero-order valence-corrected chi connectivity index (χ0v) is 9.86. The van der Waals surface area contributed by atoms with Crippen LogP contribution in [0.3, 0.4) is 0 Å². The van der Waals surface area contributed by atoms with Crippen LogP contribution in [0, 0.1) is 9.49 Å². The summed E-state index contributed by atoms with van der Waals surface area (Å²) in [4.78, 5) is 0. The molecular formula is C10H13IN2O. The normalized spacial score (nSPS) is 25.4. The summed E-state index contributed by atoms with van der Waals surface area (Å²) >= 11 is 2.24. The third-order valence-corrected chi connectivity index (χ3v) is 3.31. The second-order valence-electron chi connectivity index (χ2n) is 3.55. The molecule has 0 radical (unpaired) electrons. The largest absolute Gasteiger partial charge is 0.388 e. The van der Waals surface area contributed by atoms with Gasteiger partial charge < -0.3 is 16.2 Å². The van der Waals surface area contributed by atoms with Crippen LogP contribution in [0.1, 0.15) is 11.7 Å². The number of nitrogens with two attached hydrogens (primary N) is 1. The summed E-state index contributed by atoms with van der Waals surface area (Å²) in [5, 5.41) is 13.3. The fraction of sp³-hybridized carbons (Fsp3) is 0.400. The van der Waals surface area contributed by atoms with Crippen molar-refractivity contribution in [1.82, 2.24) is 0 Å². The summed E-state index contributed by atoms with van der Waals surface area (Å²) in [5.41, 5.74) is 7.59. The molecule has 1 heterocycles. The van der Waals surface area contributed by atoms with Crippen LogP contribution in [-0.2, 0) is 0 Å². The molecule has 1 aliphatic heterocycles. The van der Waals surface area contributed by atoms with E-state index in [1.54, 1.807) is 0 Å². The van der Waals surface area contributed by atoms with Crippen molar-refractivity contribution < 1.29 is 5.11 Å². The Kier molecular flexibility index (Phi) is 2.94. The summed E-state index contributed by atoms with van der Waals surface area (Å²) < 4.78 is 1.14. The number of aliphatic hydroxyl groups is 1. The average Bonchev–Trinajstić information content (AvgIpc) is 2.20. The van der Waals surface area contributed by atoms with Gasteiger partial charge in [-0.15, -0.1) is 0 Å². The molecular weight excluding hydrogens is 291 g/mol. The highest BCUT2D eigenvalue weighted by atomic mass is 127. The van der Waals surface area contributed by atoms with Crippen molar-refractivity contribution in [3.05, 3.63) is 27.3 Å². The Morgan fingerprint density at radius 2 is 2.36 bits per heavy atom. The van der Waals surface area contributed by atoms with Gasteiger partial charge in [0.2, 0.25) is 0 Å². The number of hydrogen-bond acceptors (Lipinski definition) is 3. The molecule has 76 valence electrons. The fourth-order valence-electron chi connectivity index (χ4n) is 1.76. The lowest BCUT2D eigenvalue weighted by atomic mass is 9.91. The highest BCUT2D eigenvalue weighted by molar-refractivity contribution is 14.1. The minimum atomic E-state index is -0.425. The number of anilines is 1. The molecule has 0 amide bonds. The van der Waals surface area contributed by atoms with Gasteiger partial charge in [0.15, 0.2) is 0 Å². The summed E-state index contributed by atoms with van der Waals surface area (Å²) in [7, 11) is 0. The van der Waals surface area contributed by atoms with Crippen LogP contribution in [0.4, 0.5) is 5.69 Å². The SMILES string of the molecule is NCC1CNc2ccc(I)cc2C1O. The number of halogens is 1. The van der Waals surface area contributed by atoms with E-state index in [2.05, 4.69) is 27.9 Å². The zero-order valence-electron chi connectivity index (χ0n) is 7.70. The number of nitrogens with one attached hydrogen (secondary N) is 1. The summed E-state index contributed by atoms with van der Waals surface area (Å²) in [6.07, 6.45) is -0.425. The van der Waals surface area contributed by atoms with Crippen molar-refractivity contribution in [2.45, 2.75) is 6.10 Å². The molecule has 3 nitrogen and oxygen atoms in total. The molecule has 0 saturated heterocycles. The van der Waals surface area contributed by atoms with E-state index >= 15 is 0 Å². The predicted octanol–water partition coefficient (Wildman–Crippen LogP) is 1.32. The van der Waals surface area contributed by atoms with E-state index in [0.717, 1.165) is 21.4 Å². The molecule has 0 bridgehead atoms. The van der Waals surface area contributed by atoms with Gasteiger partial charge in [-0.3, -0.25) is 0 Å². The minimum Gasteiger partial charge on any atom is -0.388 e. The van der Waals surface area contributed by atoms with Crippen molar-refractivity contribution in [3.8, 4) is 0 Å². The maximum atomic E-state index is 10.0. The maximum Gasteiger partial charge on any atom is 0.0867 e. The lowest BCUT2D eigenvalue weighted by Crippen LogP contribution is -2.33. The van der Waals surface area contributed by atoms with Crippen molar-refractivity contribution >= 4 is 28.3 Å². The average molecular weight is 304 g/mol. The van der Waals surface area contributed by atoms with E-state index in [0.29, 0.717) is 6.54 Å². The summed E-state index contributed by atoms with van der Waals surface area (Å²) in [5.74, 6) is 0.126. The molecule has 2 rings (SSSR count). The van der Waals surface area contributed by atoms with Gasteiger partial charge in [0.05, 0.1) is 6.10 Å². The van der Waals surface area contributed by atoms with Crippen molar-refractivity contribution in [3.63, 3.8) is 0 Å². The van der Waals surface area contributed by atoms with Crippen LogP contribution in [-0.4, -0.2) is 18.2 Å². The van der Waals surface area contributed by atoms with Crippen LogP contribution in [0.2, 0.25) is 0 Å². The standard InChI is InChI=1S/C10H13IN2O/c11-7-1-2-9-8(3-7)10(14)6(4-12)5-13-9/h1-3,6,10,13-14H,4-5,12H2. The van der Waals surface area contributed by atoms with Gasteiger partial charge in [-0.1, -0.05) is 0 Å². The monoisotopic (exact) mass is 304 g/mol. The molecule has 2 unspecified atom stereocenters. The molecule has 0 aromatic heterocycles. The second kappa shape index (κ2) is 4.04. The Bertz CT molecular complexity index is 343. The lowest BCUT2D eigenvalue weighted by Gasteiger charge is -2.30. The van der Waals surface area contributed by atoms with Crippen LogP contribution in [0.5, 0.6) is 0 Å². The molecule has 2 atom stereocenters. The zero-order chi connectivity index (χ0) is 10.1. The maximum absolute atomic E-state index is 10.0. The number of rotatable bonds is 1. The van der Waals surface area contributed by atoms with Gasteiger partial charge >= 0.3 is 0 Å². The van der Waals surface area contributed by atoms with Gasteiger partial charge in [0.1, 0.15) is 0 Å². The van der Waals surface area contributed by atoms with Crippen LogP contribution in [0.15, 0.2) is 18.2 Å². The first-order chi connectivity index (χ1) is 6.72. The van der Waals surface area contributed by atoms with E-state index in [1.807, 2.05) is 18.2 Å². The third kappa shape index (κ3) is 1.74. The molecule has 4 heteroatoms. The van der Waals surface area contributed by atoms with Crippen LogP contribution < -0.4 is 11.1 Å². The van der Waals surface area contributed by atoms with Crippen molar-refractivity contribution in [2.24, 2.45) is 11.7 Å². The smallest absolute Gasteiger partial charge is 0.0867 e. The van der Waals surface area contributed by atoms with E-state index < -0.39 is 6.10 Å². The Morgan fingerprint density at radius 3 is 3.07 bits per heavy atom. The van der Waals surface area contributed by atoms with Crippen LogP contribution >= 0.6 is 22.6 Å². The summed E-state index contributed by atoms with van der Waals surface area (Å²) in [6.45, 7) is 1.27. The molecule has 0 aliphatic carbocycles. The lowest BCUT2D eigenvalue weighted by molar-refractivity contribution is 0.114. The molecule has 1 aliphatic rings. The number of hydrogen-bond donors (Lipinski definition) is 3. The minimum absolute atomic E-state index is 0.126. The topological polar surface area (TPSA) is 58.3 Å². The van der Waals surface area contributed by atoms with E-state index in [1.165, 1.54) is 0 Å². The molecule has 0 saturated carbocycles. The van der Waals surface area contributed by atoms with Crippen LogP contribution in [0.25, 0.3) is 0 Å². The molecule has 14 heavy (non-hydrogen) atoms. The Morgan fingerprint density at radius 1 is 1.57 bits per heavy atom. The van der Waals surface area contributed by atoms with Crippen molar-refractivity contribution in [1.29, 1.82) is 0 Å². The Hall–Kier alpha value is -0.330. The van der Waals surface area contributed by atoms with Gasteiger partial charge in [-0.25, -0.2) is 0 Å². The van der Waals surface area contributed by atoms with E-state index in [4.69, 9.17) is 5.73 Å². The number of fused-ring (bicyclic) bond motifs is 1. The van der Waals surface area contributed by atoms with Crippen molar-refractivity contribution in [2.75, 3.05) is 18.4 Å². The van der Waals surface area contributed by atoms with Gasteiger partial charge in [-0.05, 0) is 47.3 Å². The first-order valence-electron chi connectivity index (χ1n) is 4.64.